The van der Waals surface area contributed by atoms with Crippen LogP contribution in [0, 0.1) is 0 Å². The predicted molar refractivity (Wildman–Crippen MR) is 66.1 cm³/mol. The van der Waals surface area contributed by atoms with Gasteiger partial charge in [-0.15, -0.1) is 0 Å². The number of hydrogen-bond acceptors (Lipinski definition) is 4. The second-order valence-corrected chi connectivity index (χ2v) is 4.38. The minimum Gasteiger partial charge on any atom is -0.445 e. The van der Waals surface area contributed by atoms with Crippen molar-refractivity contribution in [2.75, 3.05) is 33.9 Å². The highest BCUT2D eigenvalue weighted by Gasteiger charge is 2.36. The summed E-state index contributed by atoms with van der Waals surface area (Å²) in [5, 5.41) is 2.48. The van der Waals surface area contributed by atoms with Crippen LogP contribution in [0.2, 0.25) is 0 Å². The number of ether oxygens (including phenoxy) is 2. The van der Waals surface area contributed by atoms with Crippen LogP contribution in [0.3, 0.4) is 0 Å². The largest absolute Gasteiger partial charge is 0.445 e. The van der Waals surface area contributed by atoms with E-state index in [-0.39, 0.29) is 12.2 Å². The van der Waals surface area contributed by atoms with E-state index < -0.39 is 0 Å². The minimum absolute atomic E-state index is 0.116. The van der Waals surface area contributed by atoms with Crippen LogP contribution in [0.1, 0.15) is 26.2 Å². The number of alkyl carbamates (subject to hydrolysis) is 1. The van der Waals surface area contributed by atoms with Gasteiger partial charge in [0.1, 0.15) is 6.10 Å². The molecule has 0 aromatic carbocycles. The van der Waals surface area contributed by atoms with Crippen molar-refractivity contribution in [2.24, 2.45) is 0 Å². The molecule has 0 aromatic rings. The first-order chi connectivity index (χ1) is 8.21. The summed E-state index contributed by atoms with van der Waals surface area (Å²) in [6, 6.07) is 0.676. The smallest absolute Gasteiger partial charge is 0.407 e. The first-order valence-corrected chi connectivity index (χ1v) is 6.32. The summed E-state index contributed by atoms with van der Waals surface area (Å²) < 4.78 is 9.75. The van der Waals surface area contributed by atoms with E-state index in [0.29, 0.717) is 6.04 Å². The molecule has 1 N–H and O–H groups in total. The van der Waals surface area contributed by atoms with E-state index in [1.807, 2.05) is 6.92 Å². The molecule has 1 amide bonds. The normalized spacial score (nSPS) is 27.0. The summed E-state index contributed by atoms with van der Waals surface area (Å²) in [7, 11) is 3.28. The van der Waals surface area contributed by atoms with Gasteiger partial charge in [0, 0.05) is 39.8 Å². The molecule has 2 fully saturated rings. The van der Waals surface area contributed by atoms with Crippen molar-refractivity contribution in [1.82, 2.24) is 10.2 Å². The number of hydrogen-bond donors (Lipinski definition) is 1. The summed E-state index contributed by atoms with van der Waals surface area (Å²) in [6.45, 7) is 4.89. The molecule has 2 atom stereocenters. The third-order valence-corrected chi connectivity index (χ3v) is 3.24. The molecule has 0 aromatic heterocycles. The van der Waals surface area contributed by atoms with Crippen molar-refractivity contribution >= 4 is 6.09 Å². The lowest BCUT2D eigenvalue weighted by Gasteiger charge is -2.13. The van der Waals surface area contributed by atoms with Crippen LogP contribution < -0.4 is 5.32 Å². The Kier molecular flexibility index (Phi) is 6.29. The van der Waals surface area contributed by atoms with Crippen molar-refractivity contribution in [1.29, 1.82) is 0 Å². The Hall–Kier alpha value is -0.810. The molecular formula is C12H24N2O3. The average molecular weight is 244 g/mol. The van der Waals surface area contributed by atoms with Gasteiger partial charge in [-0.25, -0.2) is 4.79 Å². The van der Waals surface area contributed by atoms with E-state index in [1.165, 1.54) is 19.4 Å². The number of carbonyl (C=O) groups excluding carboxylic acids is 1. The summed E-state index contributed by atoms with van der Waals surface area (Å²) >= 11 is 0. The maximum Gasteiger partial charge on any atom is 0.407 e. The predicted octanol–water partition coefficient (Wildman–Crippen LogP) is 1.23. The highest BCUT2D eigenvalue weighted by molar-refractivity contribution is 5.66. The van der Waals surface area contributed by atoms with E-state index in [1.54, 1.807) is 14.2 Å². The topological polar surface area (TPSA) is 50.8 Å². The van der Waals surface area contributed by atoms with Gasteiger partial charge in [0.25, 0.3) is 0 Å². The van der Waals surface area contributed by atoms with E-state index in [4.69, 9.17) is 4.74 Å². The van der Waals surface area contributed by atoms with Gasteiger partial charge in [-0.2, -0.15) is 0 Å². The van der Waals surface area contributed by atoms with E-state index in [9.17, 15) is 4.79 Å². The number of amides is 1. The SMILES string of the molecule is CCOC.CNC(=O)OC1CC2CCCN2C1. The van der Waals surface area contributed by atoms with Gasteiger partial charge < -0.3 is 14.8 Å². The molecule has 100 valence electrons. The second-order valence-electron chi connectivity index (χ2n) is 4.38. The molecule has 2 aliphatic rings. The van der Waals surface area contributed by atoms with E-state index in [0.717, 1.165) is 19.6 Å². The number of rotatable bonds is 2. The molecule has 0 bridgehead atoms. The van der Waals surface area contributed by atoms with Crippen LogP contribution >= 0.6 is 0 Å². The molecule has 5 heteroatoms. The third kappa shape index (κ3) is 4.52. The van der Waals surface area contributed by atoms with Crippen LogP contribution in [0.25, 0.3) is 0 Å². The Labute approximate surface area is 103 Å². The number of nitrogens with one attached hydrogen (secondary N) is 1. The lowest BCUT2D eigenvalue weighted by molar-refractivity contribution is 0.102. The molecule has 5 nitrogen and oxygen atoms in total. The highest BCUT2D eigenvalue weighted by Crippen LogP contribution is 2.28. The fraction of sp³-hybridized carbons (Fsp3) is 0.917. The first-order valence-electron chi connectivity index (χ1n) is 6.32. The summed E-state index contributed by atoms with van der Waals surface area (Å²) in [4.78, 5) is 13.4. The van der Waals surface area contributed by atoms with Gasteiger partial charge in [0.15, 0.2) is 0 Å². The Morgan fingerprint density at radius 3 is 2.76 bits per heavy atom. The molecule has 2 heterocycles. The maximum atomic E-state index is 10.9. The monoisotopic (exact) mass is 244 g/mol. The van der Waals surface area contributed by atoms with Gasteiger partial charge in [-0.1, -0.05) is 0 Å². The van der Waals surface area contributed by atoms with Gasteiger partial charge >= 0.3 is 6.09 Å². The number of methoxy groups -OCH3 is 1. The highest BCUT2D eigenvalue weighted by atomic mass is 16.6. The number of fused-ring (bicyclic) bond motifs is 1. The lowest BCUT2D eigenvalue weighted by Crippen LogP contribution is -2.28. The van der Waals surface area contributed by atoms with Gasteiger partial charge in [0.05, 0.1) is 0 Å². The fourth-order valence-corrected chi connectivity index (χ4v) is 2.34. The number of nitrogens with zero attached hydrogens (tertiary/aromatic N) is 1. The summed E-state index contributed by atoms with van der Waals surface area (Å²) in [5.41, 5.74) is 0. The lowest BCUT2D eigenvalue weighted by atomic mass is 10.1. The first kappa shape index (κ1) is 14.3. The van der Waals surface area contributed by atoms with Crippen LogP contribution in [-0.2, 0) is 9.47 Å². The molecule has 0 spiro atoms. The molecule has 17 heavy (non-hydrogen) atoms. The Morgan fingerprint density at radius 1 is 1.53 bits per heavy atom. The van der Waals surface area contributed by atoms with Crippen molar-refractivity contribution in [3.63, 3.8) is 0 Å². The van der Waals surface area contributed by atoms with Crippen LogP contribution in [0.5, 0.6) is 0 Å². The van der Waals surface area contributed by atoms with Crippen LogP contribution in [0.4, 0.5) is 4.79 Å². The van der Waals surface area contributed by atoms with Crippen molar-refractivity contribution in [3.8, 4) is 0 Å². The molecular weight excluding hydrogens is 220 g/mol. The second kappa shape index (κ2) is 7.50. The quantitative estimate of drug-likeness (QED) is 0.794. The van der Waals surface area contributed by atoms with Crippen LogP contribution in [0.15, 0.2) is 0 Å². The molecule has 0 radical (unpaired) electrons. The fourth-order valence-electron chi connectivity index (χ4n) is 2.34. The van der Waals surface area contributed by atoms with Crippen LogP contribution in [-0.4, -0.2) is 57.0 Å². The molecule has 2 saturated heterocycles. The molecule has 0 aliphatic carbocycles. The third-order valence-electron chi connectivity index (χ3n) is 3.24. The Balaban J connectivity index is 0.000000317. The van der Waals surface area contributed by atoms with E-state index in [2.05, 4.69) is 15.0 Å². The Bertz CT molecular complexity index is 222. The van der Waals surface area contributed by atoms with Gasteiger partial charge in [-0.05, 0) is 26.3 Å². The summed E-state index contributed by atoms with van der Waals surface area (Å²) in [6.07, 6.45) is 3.41. The van der Waals surface area contributed by atoms with E-state index >= 15 is 0 Å². The number of carbonyl (C=O) groups is 1. The summed E-state index contributed by atoms with van der Waals surface area (Å²) in [5.74, 6) is 0. The molecule has 2 aliphatic heterocycles. The zero-order valence-corrected chi connectivity index (χ0v) is 11.1. The maximum absolute atomic E-state index is 10.9. The van der Waals surface area contributed by atoms with Crippen molar-refractivity contribution in [2.45, 2.75) is 38.3 Å². The molecule has 0 saturated carbocycles. The standard InChI is InChI=1S/C9H16N2O2.C3H8O/c1-10-9(12)13-8-5-7-3-2-4-11(7)6-8;1-3-4-2/h7-8H,2-6H2,1H3,(H,10,12);3H2,1-2H3. The minimum atomic E-state index is -0.300. The van der Waals surface area contributed by atoms with Crippen molar-refractivity contribution in [3.05, 3.63) is 0 Å². The molecule has 2 unspecified atom stereocenters. The van der Waals surface area contributed by atoms with Crippen molar-refractivity contribution < 1.29 is 14.3 Å². The van der Waals surface area contributed by atoms with Gasteiger partial charge in [0.2, 0.25) is 0 Å². The zero-order valence-electron chi connectivity index (χ0n) is 11.1. The average Bonchev–Trinajstić information content (AvgIpc) is 2.89. The Morgan fingerprint density at radius 2 is 2.24 bits per heavy atom. The molecule has 2 rings (SSSR count). The zero-order chi connectivity index (χ0) is 12.7. The van der Waals surface area contributed by atoms with Gasteiger partial charge in [-0.3, -0.25) is 4.90 Å².